The molecule has 0 radical (unpaired) electrons. The van der Waals surface area contributed by atoms with Crippen molar-refractivity contribution in [1.29, 1.82) is 0 Å². The molecule has 3 heterocycles. The highest BCUT2D eigenvalue weighted by Crippen LogP contribution is 2.23. The molecule has 2 aromatic heterocycles. The number of benzene rings is 1. The molecule has 9 heteroatoms. The number of rotatable bonds is 6. The smallest absolute Gasteiger partial charge is 0.257 e. The molecule has 1 N–H and O–H groups in total. The predicted octanol–water partition coefficient (Wildman–Crippen LogP) is 2.43. The van der Waals surface area contributed by atoms with Gasteiger partial charge in [-0.2, -0.15) is 10.2 Å². The van der Waals surface area contributed by atoms with E-state index in [1.165, 1.54) is 12.1 Å². The van der Waals surface area contributed by atoms with Crippen molar-refractivity contribution in [3.05, 3.63) is 65.0 Å². The van der Waals surface area contributed by atoms with Gasteiger partial charge in [-0.05, 0) is 37.3 Å². The van der Waals surface area contributed by atoms with Crippen molar-refractivity contribution in [2.24, 2.45) is 7.05 Å². The molecule has 1 fully saturated rings. The number of nitrogens with zero attached hydrogens (tertiary/aromatic N) is 4. The number of carbonyl (C=O) groups is 1. The summed E-state index contributed by atoms with van der Waals surface area (Å²) in [5.41, 5.74) is 2.99. The van der Waals surface area contributed by atoms with Crippen LogP contribution in [0.4, 0.5) is 4.39 Å². The third kappa shape index (κ3) is 4.51. The van der Waals surface area contributed by atoms with E-state index in [-0.39, 0.29) is 17.8 Å². The largest absolute Gasteiger partial charge is 0.493 e. The summed E-state index contributed by atoms with van der Waals surface area (Å²) < 4.78 is 26.1. The molecule has 158 valence electrons. The van der Waals surface area contributed by atoms with E-state index >= 15 is 0 Å². The van der Waals surface area contributed by atoms with E-state index in [1.807, 2.05) is 13.0 Å². The van der Waals surface area contributed by atoms with Crippen LogP contribution in [0.2, 0.25) is 0 Å². The molecule has 1 aliphatic rings. The summed E-state index contributed by atoms with van der Waals surface area (Å²) in [6, 6.07) is 7.86. The third-order valence-electron chi connectivity index (χ3n) is 5.03. The number of aryl methyl sites for hydroxylation is 2. The van der Waals surface area contributed by atoms with Crippen LogP contribution in [0.25, 0.3) is 0 Å². The van der Waals surface area contributed by atoms with Gasteiger partial charge in [-0.15, -0.1) is 0 Å². The summed E-state index contributed by atoms with van der Waals surface area (Å²) in [5.74, 6) is 0.281. The summed E-state index contributed by atoms with van der Waals surface area (Å²) in [6.07, 6.45) is 2.08. The van der Waals surface area contributed by atoms with Crippen molar-refractivity contribution < 1.29 is 18.7 Å². The van der Waals surface area contributed by atoms with Gasteiger partial charge in [-0.25, -0.2) is 4.39 Å². The molecule has 8 nitrogen and oxygen atoms in total. The number of nitrogens with one attached hydrogen (secondary N) is 1. The molecule has 1 aliphatic heterocycles. The van der Waals surface area contributed by atoms with Crippen molar-refractivity contribution in [2.45, 2.75) is 19.4 Å². The predicted molar refractivity (Wildman–Crippen MR) is 107 cm³/mol. The van der Waals surface area contributed by atoms with Crippen LogP contribution in [-0.2, 0) is 18.2 Å². The second kappa shape index (κ2) is 8.66. The van der Waals surface area contributed by atoms with E-state index in [2.05, 4.69) is 15.3 Å². The lowest BCUT2D eigenvalue weighted by molar-refractivity contribution is -0.0247. The number of hydrogen-bond donors (Lipinski definition) is 1. The molecule has 1 amide bonds. The van der Waals surface area contributed by atoms with Crippen molar-refractivity contribution >= 4 is 5.91 Å². The highest BCUT2D eigenvalue weighted by molar-refractivity contribution is 5.95. The SMILES string of the molecule is Cc1nn(C)cc1C(=O)N1CCOC(c2cc(CCOc3ccc(F)cc3)[nH]n2)C1. The number of halogens is 1. The quantitative estimate of drug-likeness (QED) is 0.671. The fourth-order valence-electron chi connectivity index (χ4n) is 3.47. The van der Waals surface area contributed by atoms with Crippen molar-refractivity contribution in [3.63, 3.8) is 0 Å². The zero-order chi connectivity index (χ0) is 21.1. The standard InChI is InChI=1S/C21H24FN5O3/c1-14-18(12-26(2)25-14)21(28)27-8-10-30-20(13-27)19-11-16(23-24-19)7-9-29-17-5-3-15(22)4-6-17/h3-6,11-12,20H,7-10,13H2,1-2H3,(H,23,24). The zero-order valence-electron chi connectivity index (χ0n) is 17.0. The third-order valence-corrected chi connectivity index (χ3v) is 5.03. The van der Waals surface area contributed by atoms with E-state index in [9.17, 15) is 9.18 Å². The van der Waals surface area contributed by atoms with Gasteiger partial charge >= 0.3 is 0 Å². The fourth-order valence-corrected chi connectivity index (χ4v) is 3.47. The Morgan fingerprint density at radius 1 is 1.37 bits per heavy atom. The Labute approximate surface area is 173 Å². The summed E-state index contributed by atoms with van der Waals surface area (Å²) in [6.45, 7) is 3.68. The second-order valence-corrected chi connectivity index (χ2v) is 7.28. The Bertz CT molecular complexity index is 1010. The topological polar surface area (TPSA) is 85.3 Å². The van der Waals surface area contributed by atoms with E-state index < -0.39 is 0 Å². The number of ether oxygens (including phenoxy) is 2. The highest BCUT2D eigenvalue weighted by Gasteiger charge is 2.29. The molecule has 1 saturated heterocycles. The van der Waals surface area contributed by atoms with Crippen LogP contribution in [0.15, 0.2) is 36.5 Å². The van der Waals surface area contributed by atoms with Gasteiger partial charge in [0.25, 0.3) is 5.91 Å². The van der Waals surface area contributed by atoms with Crippen LogP contribution in [0.3, 0.4) is 0 Å². The monoisotopic (exact) mass is 413 g/mol. The molecular weight excluding hydrogens is 389 g/mol. The van der Waals surface area contributed by atoms with Crippen molar-refractivity contribution in [3.8, 4) is 5.75 Å². The van der Waals surface area contributed by atoms with Gasteiger partial charge in [-0.1, -0.05) is 0 Å². The van der Waals surface area contributed by atoms with E-state index in [0.717, 1.165) is 11.4 Å². The molecule has 0 saturated carbocycles. The molecule has 0 bridgehead atoms. The Kier molecular flexibility index (Phi) is 5.80. The van der Waals surface area contributed by atoms with Gasteiger partial charge in [-0.3, -0.25) is 14.6 Å². The lowest BCUT2D eigenvalue weighted by atomic mass is 10.1. The molecule has 3 aromatic rings. The van der Waals surface area contributed by atoms with Gasteiger partial charge in [0, 0.05) is 31.9 Å². The van der Waals surface area contributed by atoms with E-state index in [4.69, 9.17) is 9.47 Å². The van der Waals surface area contributed by atoms with Gasteiger partial charge < -0.3 is 14.4 Å². The summed E-state index contributed by atoms with van der Waals surface area (Å²) in [4.78, 5) is 14.6. The molecular formula is C21H24FN5O3. The van der Waals surface area contributed by atoms with E-state index in [1.54, 1.807) is 35.0 Å². The van der Waals surface area contributed by atoms with Gasteiger partial charge in [0.2, 0.25) is 0 Å². The number of morpholine rings is 1. The minimum atomic E-state index is -0.292. The Morgan fingerprint density at radius 2 is 2.17 bits per heavy atom. The minimum Gasteiger partial charge on any atom is -0.493 e. The normalized spacial score (nSPS) is 16.6. The molecule has 4 rings (SSSR count). The Hall–Kier alpha value is -3.20. The summed E-state index contributed by atoms with van der Waals surface area (Å²) in [5, 5.41) is 11.6. The fraction of sp³-hybridized carbons (Fsp3) is 0.381. The maximum absolute atomic E-state index is 12.9. The first-order valence-corrected chi connectivity index (χ1v) is 9.83. The summed E-state index contributed by atoms with van der Waals surface area (Å²) >= 11 is 0. The average molecular weight is 413 g/mol. The maximum Gasteiger partial charge on any atom is 0.257 e. The first-order valence-electron chi connectivity index (χ1n) is 9.83. The Balaban J connectivity index is 1.34. The molecule has 1 atom stereocenters. The first-order chi connectivity index (χ1) is 14.5. The van der Waals surface area contributed by atoms with Crippen LogP contribution >= 0.6 is 0 Å². The summed E-state index contributed by atoms with van der Waals surface area (Å²) in [7, 11) is 1.80. The number of aromatic nitrogens is 4. The lowest BCUT2D eigenvalue weighted by Gasteiger charge is -2.32. The average Bonchev–Trinajstić information content (AvgIpc) is 3.35. The second-order valence-electron chi connectivity index (χ2n) is 7.28. The Morgan fingerprint density at radius 3 is 2.90 bits per heavy atom. The first kappa shape index (κ1) is 20.1. The number of hydrogen-bond acceptors (Lipinski definition) is 5. The lowest BCUT2D eigenvalue weighted by Crippen LogP contribution is -2.42. The van der Waals surface area contributed by atoms with E-state index in [0.29, 0.717) is 49.7 Å². The maximum atomic E-state index is 12.9. The molecule has 0 aliphatic carbocycles. The van der Waals surface area contributed by atoms with Crippen LogP contribution in [0.5, 0.6) is 5.75 Å². The van der Waals surface area contributed by atoms with Gasteiger partial charge in [0.05, 0.1) is 36.7 Å². The van der Waals surface area contributed by atoms with Gasteiger partial charge in [0.1, 0.15) is 17.7 Å². The van der Waals surface area contributed by atoms with Crippen molar-refractivity contribution in [2.75, 3.05) is 26.3 Å². The molecule has 1 unspecified atom stereocenters. The van der Waals surface area contributed by atoms with Crippen LogP contribution in [-0.4, -0.2) is 57.1 Å². The number of amides is 1. The molecule has 0 spiro atoms. The molecule has 30 heavy (non-hydrogen) atoms. The van der Waals surface area contributed by atoms with Crippen LogP contribution in [0.1, 0.15) is 33.5 Å². The minimum absolute atomic E-state index is 0.0441. The number of aromatic amines is 1. The van der Waals surface area contributed by atoms with Crippen molar-refractivity contribution in [1.82, 2.24) is 24.9 Å². The van der Waals surface area contributed by atoms with Crippen LogP contribution < -0.4 is 4.74 Å². The van der Waals surface area contributed by atoms with Gasteiger partial charge in [0.15, 0.2) is 0 Å². The van der Waals surface area contributed by atoms with Crippen LogP contribution in [0, 0.1) is 12.7 Å². The number of H-pyrrole nitrogens is 1. The molecule has 1 aromatic carbocycles. The number of carbonyl (C=O) groups excluding carboxylic acids is 1. The highest BCUT2D eigenvalue weighted by atomic mass is 19.1. The zero-order valence-corrected chi connectivity index (χ0v) is 17.0.